The van der Waals surface area contributed by atoms with Crippen molar-refractivity contribution in [3.8, 4) is 11.8 Å². The first-order valence-corrected chi connectivity index (χ1v) is 16.3. The van der Waals surface area contributed by atoms with Gasteiger partial charge in [-0.2, -0.15) is 5.26 Å². The molecule has 3 aromatic rings. The number of hydrogen-bond donors (Lipinski definition) is 1. The summed E-state index contributed by atoms with van der Waals surface area (Å²) in [6, 6.07) is 23.6. The first-order chi connectivity index (χ1) is 21.5. The number of rotatable bonds is 9. The number of aliphatic imine (C=N–C) groups is 1. The van der Waals surface area contributed by atoms with Gasteiger partial charge in [-0.25, -0.2) is 4.99 Å². The number of morpholine rings is 1. The highest BCUT2D eigenvalue weighted by Crippen LogP contribution is 2.51. The monoisotopic (exact) mass is 626 g/mol. The van der Waals surface area contributed by atoms with Gasteiger partial charge in [-0.15, -0.1) is 0 Å². The van der Waals surface area contributed by atoms with E-state index in [4.69, 9.17) is 14.5 Å². The number of ether oxygens (including phenoxy) is 2. The summed E-state index contributed by atoms with van der Waals surface area (Å²) in [4.78, 5) is 26.9. The van der Waals surface area contributed by atoms with E-state index < -0.39 is 0 Å². The van der Waals surface area contributed by atoms with E-state index in [1.54, 1.807) is 28.8 Å². The van der Waals surface area contributed by atoms with Crippen LogP contribution in [-0.4, -0.2) is 73.9 Å². The molecule has 3 aliphatic heterocycles. The molecule has 6 rings (SSSR count). The SMILES string of the molecule is CCNc1ccc(C#N)cc1/N=C1/S/C(=C2\Sc3ccc(OCCN4CCOCC4)cc3N2C)C(=O)N1Cc1ccccc1. The van der Waals surface area contributed by atoms with E-state index in [2.05, 4.69) is 27.3 Å². The van der Waals surface area contributed by atoms with Crippen LogP contribution in [0, 0.1) is 11.3 Å². The van der Waals surface area contributed by atoms with Crippen LogP contribution in [-0.2, 0) is 16.1 Å². The summed E-state index contributed by atoms with van der Waals surface area (Å²) in [6.45, 7) is 7.98. The van der Waals surface area contributed by atoms with Crippen molar-refractivity contribution >= 4 is 51.7 Å². The molecular formula is C33H34N6O3S2. The molecule has 0 radical (unpaired) electrons. The summed E-state index contributed by atoms with van der Waals surface area (Å²) < 4.78 is 11.6. The molecule has 1 amide bonds. The number of amides is 1. The van der Waals surface area contributed by atoms with Gasteiger partial charge in [0.25, 0.3) is 5.91 Å². The van der Waals surface area contributed by atoms with Gasteiger partial charge in [-0.1, -0.05) is 42.1 Å². The molecule has 3 heterocycles. The highest BCUT2D eigenvalue weighted by atomic mass is 32.2. The molecule has 3 aromatic carbocycles. The molecule has 0 atom stereocenters. The number of benzene rings is 3. The Kier molecular flexibility index (Phi) is 9.43. The summed E-state index contributed by atoms with van der Waals surface area (Å²) in [5.74, 6) is 0.713. The third-order valence-corrected chi connectivity index (χ3v) is 9.97. The molecular weight excluding hydrogens is 593 g/mol. The lowest BCUT2D eigenvalue weighted by atomic mass is 10.2. The van der Waals surface area contributed by atoms with Crippen LogP contribution in [0.1, 0.15) is 18.1 Å². The summed E-state index contributed by atoms with van der Waals surface area (Å²) in [6.07, 6.45) is 0. The fourth-order valence-corrected chi connectivity index (χ4v) is 7.51. The van der Waals surface area contributed by atoms with Crippen LogP contribution in [0.5, 0.6) is 5.75 Å². The predicted octanol–water partition coefficient (Wildman–Crippen LogP) is 5.88. The highest BCUT2D eigenvalue weighted by molar-refractivity contribution is 8.19. The van der Waals surface area contributed by atoms with Crippen molar-refractivity contribution in [3.63, 3.8) is 0 Å². The zero-order chi connectivity index (χ0) is 30.5. The fourth-order valence-electron chi connectivity index (χ4n) is 5.19. The number of carbonyl (C=O) groups excluding carboxylic acids is 1. The second-order valence-corrected chi connectivity index (χ2v) is 12.5. The average Bonchev–Trinajstić information content (AvgIpc) is 3.54. The molecule has 2 fully saturated rings. The van der Waals surface area contributed by atoms with Crippen LogP contribution in [0.4, 0.5) is 17.1 Å². The maximum absolute atomic E-state index is 14.1. The molecule has 3 aliphatic rings. The first kappa shape index (κ1) is 30.1. The van der Waals surface area contributed by atoms with Gasteiger partial charge in [-0.3, -0.25) is 14.6 Å². The summed E-state index contributed by atoms with van der Waals surface area (Å²) in [7, 11) is 1.99. The Hall–Kier alpha value is -3.95. The molecule has 226 valence electrons. The van der Waals surface area contributed by atoms with Crippen LogP contribution < -0.4 is 15.0 Å². The molecule has 1 N–H and O–H groups in total. The Labute approximate surface area is 266 Å². The van der Waals surface area contributed by atoms with Crippen molar-refractivity contribution in [1.82, 2.24) is 9.80 Å². The number of fused-ring (bicyclic) bond motifs is 1. The number of anilines is 2. The largest absolute Gasteiger partial charge is 0.492 e. The van der Waals surface area contributed by atoms with Gasteiger partial charge in [-0.05, 0) is 54.6 Å². The second-order valence-electron chi connectivity index (χ2n) is 10.5. The first-order valence-electron chi connectivity index (χ1n) is 14.7. The maximum atomic E-state index is 14.1. The van der Waals surface area contributed by atoms with Crippen LogP contribution in [0.15, 0.2) is 86.6 Å². The Balaban J connectivity index is 1.28. The topological polar surface area (TPSA) is 93.4 Å². The van der Waals surface area contributed by atoms with Crippen molar-refractivity contribution in [2.45, 2.75) is 18.4 Å². The number of thioether (sulfide) groups is 2. The quantitative estimate of drug-likeness (QED) is 0.293. The van der Waals surface area contributed by atoms with Gasteiger partial charge in [0, 0.05) is 44.2 Å². The summed E-state index contributed by atoms with van der Waals surface area (Å²) in [5.41, 5.74) is 3.96. The Morgan fingerprint density at radius 3 is 2.66 bits per heavy atom. The minimum Gasteiger partial charge on any atom is -0.492 e. The van der Waals surface area contributed by atoms with Crippen molar-refractivity contribution in [2.24, 2.45) is 4.99 Å². The molecule has 0 bridgehead atoms. The molecule has 0 spiro atoms. The van der Waals surface area contributed by atoms with Gasteiger partial charge in [0.2, 0.25) is 0 Å². The zero-order valence-corrected chi connectivity index (χ0v) is 26.4. The zero-order valence-electron chi connectivity index (χ0n) is 24.8. The van der Waals surface area contributed by atoms with Crippen LogP contribution >= 0.6 is 23.5 Å². The lowest BCUT2D eigenvalue weighted by Gasteiger charge is -2.26. The normalized spacial score (nSPS) is 19.4. The van der Waals surface area contributed by atoms with Gasteiger partial charge in [0.15, 0.2) is 5.17 Å². The minimum absolute atomic E-state index is 0.0943. The fraction of sp³-hybridized carbons (Fsp3) is 0.303. The van der Waals surface area contributed by atoms with Crippen molar-refractivity contribution in [1.29, 1.82) is 5.26 Å². The molecule has 0 aromatic heterocycles. The van der Waals surface area contributed by atoms with Crippen LogP contribution in [0.25, 0.3) is 0 Å². The molecule has 0 unspecified atom stereocenters. The standard InChI is InChI=1S/C33H34N6O3S2/c1-3-35-26-11-9-24(21-34)19-27(26)36-33-39(22-23-7-5-4-6-8-23)31(40)30(44-33)32-37(2)28-20-25(10-12-29(28)43-32)42-18-15-38-13-16-41-17-14-38/h4-12,19-20,35H,3,13-18,22H2,1-2H3/b32-30-,36-33+. The molecule has 2 saturated heterocycles. The second kappa shape index (κ2) is 13.8. The predicted molar refractivity (Wildman–Crippen MR) is 177 cm³/mol. The third kappa shape index (κ3) is 6.59. The lowest BCUT2D eigenvalue weighted by molar-refractivity contribution is -0.122. The minimum atomic E-state index is -0.0943. The number of nitrogens with zero attached hydrogens (tertiary/aromatic N) is 5. The van der Waals surface area contributed by atoms with E-state index in [9.17, 15) is 10.1 Å². The van der Waals surface area contributed by atoms with Crippen molar-refractivity contribution in [3.05, 3.63) is 87.8 Å². The van der Waals surface area contributed by atoms with Gasteiger partial charge >= 0.3 is 0 Å². The Bertz CT molecular complexity index is 1630. The lowest BCUT2D eigenvalue weighted by Crippen LogP contribution is -2.38. The number of nitriles is 1. The van der Waals surface area contributed by atoms with E-state index in [1.165, 1.54) is 11.8 Å². The summed E-state index contributed by atoms with van der Waals surface area (Å²) >= 11 is 2.96. The Morgan fingerprint density at radius 2 is 1.89 bits per heavy atom. The number of carbonyl (C=O) groups is 1. The van der Waals surface area contributed by atoms with Crippen LogP contribution in [0.3, 0.4) is 0 Å². The molecule has 9 nitrogen and oxygen atoms in total. The van der Waals surface area contributed by atoms with E-state index in [0.717, 1.165) is 65.5 Å². The molecule has 0 aliphatic carbocycles. The molecule has 0 saturated carbocycles. The average molecular weight is 627 g/mol. The molecule has 11 heteroatoms. The number of nitrogens with one attached hydrogen (secondary N) is 1. The van der Waals surface area contributed by atoms with Gasteiger partial charge in [0.1, 0.15) is 17.3 Å². The van der Waals surface area contributed by atoms with E-state index in [1.807, 2.05) is 62.5 Å². The van der Waals surface area contributed by atoms with E-state index in [0.29, 0.717) is 41.0 Å². The van der Waals surface area contributed by atoms with E-state index >= 15 is 0 Å². The van der Waals surface area contributed by atoms with Gasteiger partial charge in [0.05, 0.1) is 53.5 Å². The van der Waals surface area contributed by atoms with Crippen LogP contribution in [0.2, 0.25) is 0 Å². The van der Waals surface area contributed by atoms with Gasteiger partial charge < -0.3 is 19.7 Å². The number of amidine groups is 1. The van der Waals surface area contributed by atoms with Crippen molar-refractivity contribution < 1.29 is 14.3 Å². The Morgan fingerprint density at radius 1 is 1.07 bits per heavy atom. The smallest absolute Gasteiger partial charge is 0.269 e. The van der Waals surface area contributed by atoms with Crippen molar-refractivity contribution in [2.75, 3.05) is 63.3 Å². The maximum Gasteiger partial charge on any atom is 0.269 e. The highest BCUT2D eigenvalue weighted by Gasteiger charge is 2.39. The number of hydrogen-bond acceptors (Lipinski definition) is 10. The third-order valence-electron chi connectivity index (χ3n) is 7.53. The summed E-state index contributed by atoms with van der Waals surface area (Å²) in [5, 5.41) is 14.3. The van der Waals surface area contributed by atoms with E-state index in [-0.39, 0.29) is 5.91 Å². The molecule has 44 heavy (non-hydrogen) atoms.